The number of hydrogen-bond donors (Lipinski definition) is 1. The molecule has 2 aliphatic rings. The van der Waals surface area contributed by atoms with Gasteiger partial charge in [0.15, 0.2) is 0 Å². The van der Waals surface area contributed by atoms with Crippen molar-refractivity contribution in [3.8, 4) is 0 Å². The Morgan fingerprint density at radius 1 is 1.07 bits per heavy atom. The fraction of sp³-hybridized carbons (Fsp3) is 1.00. The normalized spacial score (nSPS) is 50.1. The van der Waals surface area contributed by atoms with E-state index >= 15 is 0 Å². The van der Waals surface area contributed by atoms with Gasteiger partial charge in [-0.2, -0.15) is 0 Å². The molecule has 0 amide bonds. The van der Waals surface area contributed by atoms with Crippen molar-refractivity contribution in [2.45, 2.75) is 58.2 Å². The predicted octanol–water partition coefficient (Wildman–Crippen LogP) is 1.84. The summed E-state index contributed by atoms with van der Waals surface area (Å²) in [6, 6.07) is 2.05. The molecule has 0 aromatic rings. The van der Waals surface area contributed by atoms with Crippen LogP contribution in [0, 0.1) is 11.8 Å². The molecule has 0 bridgehead atoms. The maximum atomic E-state index is 5.86. The van der Waals surface area contributed by atoms with E-state index in [-0.39, 0.29) is 0 Å². The molecular weight excluding hydrogens is 172 g/mol. The van der Waals surface area contributed by atoms with E-state index in [0.29, 0.717) is 6.04 Å². The number of likely N-dealkylation sites (tertiary alicyclic amines) is 1. The molecule has 2 heteroatoms. The largest absolute Gasteiger partial charge is 0.328 e. The van der Waals surface area contributed by atoms with Gasteiger partial charge < -0.3 is 5.73 Å². The lowest BCUT2D eigenvalue weighted by molar-refractivity contribution is 0.00277. The molecule has 3 atom stereocenters. The van der Waals surface area contributed by atoms with Crippen LogP contribution in [0.1, 0.15) is 40.0 Å². The molecule has 1 saturated heterocycles. The third kappa shape index (κ3) is 1.82. The molecule has 0 aromatic heterocycles. The van der Waals surface area contributed by atoms with Gasteiger partial charge in [-0.05, 0) is 38.0 Å². The van der Waals surface area contributed by atoms with Gasteiger partial charge in [0.05, 0.1) is 0 Å². The first-order chi connectivity index (χ1) is 6.58. The lowest BCUT2D eigenvalue weighted by atomic mass is 9.79. The third-order valence-corrected chi connectivity index (χ3v) is 4.26. The summed E-state index contributed by atoms with van der Waals surface area (Å²) in [4.78, 5) is 2.71. The minimum Gasteiger partial charge on any atom is -0.328 e. The molecule has 1 heterocycles. The van der Waals surface area contributed by atoms with Gasteiger partial charge in [-0.15, -0.1) is 0 Å². The Labute approximate surface area is 87.8 Å². The molecule has 3 unspecified atom stereocenters. The molecule has 1 saturated carbocycles. The summed E-state index contributed by atoms with van der Waals surface area (Å²) >= 11 is 0. The molecule has 14 heavy (non-hydrogen) atoms. The summed E-state index contributed by atoms with van der Waals surface area (Å²) < 4.78 is 0. The quantitative estimate of drug-likeness (QED) is 0.693. The minimum atomic E-state index is 0.486. The predicted molar refractivity (Wildman–Crippen MR) is 60.1 cm³/mol. The smallest absolute Gasteiger partial charge is 0.0128 e. The Morgan fingerprint density at radius 3 is 2.29 bits per heavy atom. The highest BCUT2D eigenvalue weighted by molar-refractivity contribution is 4.94. The van der Waals surface area contributed by atoms with Crippen molar-refractivity contribution in [3.05, 3.63) is 0 Å². The van der Waals surface area contributed by atoms with E-state index in [1.54, 1.807) is 0 Å². The SMILES string of the molecule is CC1CC(C)C(C)N(C2CC(N)C2)C1. The molecular formula is C12H24N2. The lowest BCUT2D eigenvalue weighted by Crippen LogP contribution is -2.57. The highest BCUT2D eigenvalue weighted by atomic mass is 15.2. The third-order valence-electron chi connectivity index (χ3n) is 4.26. The van der Waals surface area contributed by atoms with Crippen LogP contribution in [-0.4, -0.2) is 29.6 Å². The minimum absolute atomic E-state index is 0.486. The van der Waals surface area contributed by atoms with Crippen molar-refractivity contribution in [1.82, 2.24) is 4.90 Å². The van der Waals surface area contributed by atoms with Crippen molar-refractivity contribution in [2.75, 3.05) is 6.54 Å². The molecule has 0 aromatic carbocycles. The van der Waals surface area contributed by atoms with E-state index in [2.05, 4.69) is 25.7 Å². The molecule has 2 fully saturated rings. The van der Waals surface area contributed by atoms with Gasteiger partial charge in [-0.3, -0.25) is 4.90 Å². The standard InChI is InChI=1S/C12H24N2/c1-8-4-9(2)10(3)14(7-8)12-5-11(13)6-12/h8-12H,4-7,13H2,1-3H3. The van der Waals surface area contributed by atoms with Gasteiger partial charge in [0.25, 0.3) is 0 Å². The molecule has 2 rings (SSSR count). The first kappa shape index (κ1) is 10.4. The van der Waals surface area contributed by atoms with Gasteiger partial charge >= 0.3 is 0 Å². The van der Waals surface area contributed by atoms with Crippen LogP contribution >= 0.6 is 0 Å². The van der Waals surface area contributed by atoms with Crippen molar-refractivity contribution in [3.63, 3.8) is 0 Å². The Balaban J connectivity index is 1.95. The van der Waals surface area contributed by atoms with Crippen molar-refractivity contribution in [1.29, 1.82) is 0 Å². The summed E-state index contributed by atoms with van der Waals surface area (Å²) in [5.41, 5.74) is 5.86. The average Bonchev–Trinajstić information content (AvgIpc) is 2.06. The fourth-order valence-corrected chi connectivity index (χ4v) is 3.14. The number of nitrogens with zero attached hydrogens (tertiary/aromatic N) is 1. The second-order valence-electron chi connectivity index (χ2n) is 5.64. The van der Waals surface area contributed by atoms with Crippen LogP contribution in [0.15, 0.2) is 0 Å². The van der Waals surface area contributed by atoms with Gasteiger partial charge in [0.1, 0.15) is 0 Å². The van der Waals surface area contributed by atoms with Crippen LogP contribution in [0.25, 0.3) is 0 Å². The maximum Gasteiger partial charge on any atom is 0.0128 e. The Hall–Kier alpha value is -0.0800. The molecule has 2 N–H and O–H groups in total. The molecule has 1 aliphatic carbocycles. The number of rotatable bonds is 1. The van der Waals surface area contributed by atoms with E-state index in [1.165, 1.54) is 25.8 Å². The van der Waals surface area contributed by atoms with E-state index < -0.39 is 0 Å². The zero-order chi connectivity index (χ0) is 10.3. The van der Waals surface area contributed by atoms with E-state index in [4.69, 9.17) is 5.73 Å². The van der Waals surface area contributed by atoms with Gasteiger partial charge in [-0.25, -0.2) is 0 Å². The molecule has 1 aliphatic heterocycles. The molecule has 2 nitrogen and oxygen atoms in total. The summed E-state index contributed by atoms with van der Waals surface area (Å²) in [6.45, 7) is 8.46. The van der Waals surface area contributed by atoms with Crippen LogP contribution in [0.4, 0.5) is 0 Å². The topological polar surface area (TPSA) is 29.3 Å². The highest BCUT2D eigenvalue weighted by Gasteiger charge is 2.38. The number of piperidine rings is 1. The van der Waals surface area contributed by atoms with Gasteiger partial charge in [0, 0.05) is 24.7 Å². The second kappa shape index (κ2) is 3.82. The number of hydrogen-bond acceptors (Lipinski definition) is 2. The summed E-state index contributed by atoms with van der Waals surface area (Å²) in [7, 11) is 0. The zero-order valence-electron chi connectivity index (χ0n) is 9.74. The second-order valence-corrected chi connectivity index (χ2v) is 5.64. The van der Waals surface area contributed by atoms with Crippen LogP contribution in [0.2, 0.25) is 0 Å². The van der Waals surface area contributed by atoms with Crippen LogP contribution in [-0.2, 0) is 0 Å². The van der Waals surface area contributed by atoms with E-state index in [0.717, 1.165) is 23.9 Å². The summed E-state index contributed by atoms with van der Waals surface area (Å²) in [5.74, 6) is 1.73. The average molecular weight is 196 g/mol. The van der Waals surface area contributed by atoms with E-state index in [1.807, 2.05) is 0 Å². The molecule has 0 radical (unpaired) electrons. The van der Waals surface area contributed by atoms with Crippen molar-refractivity contribution in [2.24, 2.45) is 17.6 Å². The van der Waals surface area contributed by atoms with Crippen LogP contribution in [0.3, 0.4) is 0 Å². The Kier molecular flexibility index (Phi) is 2.85. The first-order valence-corrected chi connectivity index (χ1v) is 6.09. The lowest BCUT2D eigenvalue weighted by Gasteiger charge is -2.50. The van der Waals surface area contributed by atoms with Crippen LogP contribution in [0.5, 0.6) is 0 Å². The monoisotopic (exact) mass is 196 g/mol. The highest BCUT2D eigenvalue weighted by Crippen LogP contribution is 2.34. The summed E-state index contributed by atoms with van der Waals surface area (Å²) in [6.07, 6.45) is 3.85. The molecule has 0 spiro atoms. The number of nitrogens with two attached hydrogens (primary N) is 1. The van der Waals surface area contributed by atoms with Crippen molar-refractivity contribution >= 4 is 0 Å². The molecule has 82 valence electrons. The Bertz CT molecular complexity index is 198. The Morgan fingerprint density at radius 2 is 1.71 bits per heavy atom. The summed E-state index contributed by atoms with van der Waals surface area (Å²) in [5, 5.41) is 0. The maximum absolute atomic E-state index is 5.86. The van der Waals surface area contributed by atoms with Crippen molar-refractivity contribution < 1.29 is 0 Å². The van der Waals surface area contributed by atoms with Gasteiger partial charge in [0.2, 0.25) is 0 Å². The zero-order valence-corrected chi connectivity index (χ0v) is 9.74. The van der Waals surface area contributed by atoms with Crippen LogP contribution < -0.4 is 5.73 Å². The fourth-order valence-electron chi connectivity index (χ4n) is 3.14. The van der Waals surface area contributed by atoms with Gasteiger partial charge in [-0.1, -0.05) is 13.8 Å². The first-order valence-electron chi connectivity index (χ1n) is 6.09. The van der Waals surface area contributed by atoms with E-state index in [9.17, 15) is 0 Å².